The maximum atomic E-state index is 13.1. The molecule has 0 aromatic heterocycles. The Hall–Kier alpha value is -1.05. The van der Waals surface area contributed by atoms with E-state index in [9.17, 15) is 13.2 Å². The fourth-order valence-corrected chi connectivity index (χ4v) is 5.65. The van der Waals surface area contributed by atoms with Crippen LogP contribution in [-0.2, 0) is 10.0 Å². The lowest BCUT2D eigenvalue weighted by molar-refractivity contribution is 0.0956. The minimum absolute atomic E-state index is 0.156. The first-order chi connectivity index (χ1) is 12.6. The molecule has 7 heteroatoms. The molecule has 0 spiro atoms. The molecular formula is C20H32N2O3S2. The summed E-state index contributed by atoms with van der Waals surface area (Å²) in [6.07, 6.45) is 3.92. The summed E-state index contributed by atoms with van der Waals surface area (Å²) in [5, 5.41) is 2.89. The molecule has 0 unspecified atom stereocenters. The molecule has 1 amide bonds. The number of sulfonamides is 1. The van der Waals surface area contributed by atoms with E-state index in [1.54, 1.807) is 35.1 Å². The second-order valence-electron chi connectivity index (χ2n) is 8.02. The maximum Gasteiger partial charge on any atom is 0.251 e. The van der Waals surface area contributed by atoms with Crippen molar-refractivity contribution < 1.29 is 13.2 Å². The van der Waals surface area contributed by atoms with Crippen LogP contribution in [0.2, 0.25) is 0 Å². The van der Waals surface area contributed by atoms with Crippen molar-refractivity contribution in [1.82, 2.24) is 9.62 Å². The van der Waals surface area contributed by atoms with Crippen molar-refractivity contribution in [2.45, 2.75) is 63.0 Å². The molecular weight excluding hydrogens is 380 g/mol. The van der Waals surface area contributed by atoms with E-state index < -0.39 is 10.0 Å². The fourth-order valence-electron chi connectivity index (χ4n) is 3.06. The minimum Gasteiger partial charge on any atom is -0.351 e. The van der Waals surface area contributed by atoms with Crippen LogP contribution in [0.5, 0.6) is 0 Å². The second kappa shape index (κ2) is 9.43. The molecule has 152 valence electrons. The van der Waals surface area contributed by atoms with Gasteiger partial charge < -0.3 is 5.32 Å². The van der Waals surface area contributed by atoms with Crippen molar-refractivity contribution in [3.8, 4) is 0 Å². The molecule has 1 fully saturated rings. The second-order valence-corrected chi connectivity index (χ2v) is 11.8. The van der Waals surface area contributed by atoms with Crippen LogP contribution in [0.4, 0.5) is 0 Å². The summed E-state index contributed by atoms with van der Waals surface area (Å²) < 4.78 is 27.9. The van der Waals surface area contributed by atoms with Crippen LogP contribution in [-0.4, -0.2) is 48.8 Å². The van der Waals surface area contributed by atoms with Crippen molar-refractivity contribution in [2.24, 2.45) is 0 Å². The smallest absolute Gasteiger partial charge is 0.251 e. The lowest BCUT2D eigenvalue weighted by atomic mass is 10.1. The van der Waals surface area contributed by atoms with Crippen molar-refractivity contribution in [1.29, 1.82) is 0 Å². The number of aryl methyl sites for hydroxylation is 1. The standard InChI is InChI=1S/C20H32N2O3S2/c1-16-9-10-17(19(23)21-11-14-26-20(2,3)4)15-18(16)27(24,25)22-12-7-5-6-8-13-22/h9-10,15H,5-8,11-14H2,1-4H3,(H,21,23). The highest BCUT2D eigenvalue weighted by Crippen LogP contribution is 2.24. The number of carbonyl (C=O) groups excluding carboxylic acids is 1. The summed E-state index contributed by atoms with van der Waals surface area (Å²) >= 11 is 1.78. The van der Waals surface area contributed by atoms with Gasteiger partial charge in [0.1, 0.15) is 0 Å². The molecule has 2 rings (SSSR count). The van der Waals surface area contributed by atoms with Crippen molar-refractivity contribution >= 4 is 27.7 Å². The molecule has 0 saturated carbocycles. The highest BCUT2D eigenvalue weighted by molar-refractivity contribution is 8.00. The van der Waals surface area contributed by atoms with Crippen LogP contribution >= 0.6 is 11.8 Å². The molecule has 1 N–H and O–H groups in total. The van der Waals surface area contributed by atoms with Crippen molar-refractivity contribution in [3.63, 3.8) is 0 Å². The highest BCUT2D eigenvalue weighted by Gasteiger charge is 2.27. The van der Waals surface area contributed by atoms with Crippen LogP contribution in [0.3, 0.4) is 0 Å². The summed E-state index contributed by atoms with van der Waals surface area (Å²) in [7, 11) is -3.57. The average Bonchev–Trinajstić information content (AvgIpc) is 2.88. The van der Waals surface area contributed by atoms with Crippen LogP contribution in [0.15, 0.2) is 23.1 Å². The van der Waals surface area contributed by atoms with Crippen LogP contribution in [0.1, 0.15) is 62.4 Å². The highest BCUT2D eigenvalue weighted by atomic mass is 32.2. The number of hydrogen-bond acceptors (Lipinski definition) is 4. The molecule has 27 heavy (non-hydrogen) atoms. The SMILES string of the molecule is Cc1ccc(C(=O)NCCSC(C)(C)C)cc1S(=O)(=O)N1CCCCCC1. The fraction of sp³-hybridized carbons (Fsp3) is 0.650. The lowest BCUT2D eigenvalue weighted by Gasteiger charge is -2.21. The minimum atomic E-state index is -3.57. The predicted octanol–water partition coefficient (Wildman–Crippen LogP) is 3.82. The first-order valence-corrected chi connectivity index (χ1v) is 12.1. The quantitative estimate of drug-likeness (QED) is 0.721. The number of rotatable bonds is 6. The van der Waals surface area contributed by atoms with Gasteiger partial charge in [-0.15, -0.1) is 0 Å². The Morgan fingerprint density at radius 2 is 1.78 bits per heavy atom. The van der Waals surface area contributed by atoms with Gasteiger partial charge in [0.05, 0.1) is 4.90 Å². The van der Waals surface area contributed by atoms with Crippen molar-refractivity contribution in [3.05, 3.63) is 29.3 Å². The molecule has 0 atom stereocenters. The van der Waals surface area contributed by atoms with Crippen molar-refractivity contribution in [2.75, 3.05) is 25.4 Å². The number of benzene rings is 1. The van der Waals surface area contributed by atoms with E-state index in [-0.39, 0.29) is 15.5 Å². The molecule has 1 aliphatic rings. The number of amides is 1. The van der Waals surface area contributed by atoms with Gasteiger partial charge in [-0.3, -0.25) is 4.79 Å². The zero-order chi connectivity index (χ0) is 20.1. The maximum absolute atomic E-state index is 13.1. The van der Waals surface area contributed by atoms with Gasteiger partial charge in [-0.05, 0) is 37.5 Å². The molecule has 1 aliphatic heterocycles. The average molecular weight is 413 g/mol. The normalized spacial score (nSPS) is 16.7. The number of carbonyl (C=O) groups is 1. The van der Waals surface area contributed by atoms with E-state index >= 15 is 0 Å². The Bertz CT molecular complexity index is 747. The largest absolute Gasteiger partial charge is 0.351 e. The zero-order valence-electron chi connectivity index (χ0n) is 16.9. The first kappa shape index (κ1) is 22.2. The Kier molecular flexibility index (Phi) is 7.77. The van der Waals surface area contributed by atoms with E-state index in [0.29, 0.717) is 30.8 Å². The zero-order valence-corrected chi connectivity index (χ0v) is 18.5. The van der Waals surface area contributed by atoms with Gasteiger partial charge in [-0.25, -0.2) is 8.42 Å². The number of nitrogens with zero attached hydrogens (tertiary/aromatic N) is 1. The third-order valence-electron chi connectivity index (χ3n) is 4.56. The summed E-state index contributed by atoms with van der Waals surface area (Å²) in [5.41, 5.74) is 1.08. The molecule has 0 bridgehead atoms. The summed E-state index contributed by atoms with van der Waals surface area (Å²) in [4.78, 5) is 12.7. The topological polar surface area (TPSA) is 66.5 Å². The van der Waals surface area contributed by atoms with E-state index in [1.807, 2.05) is 0 Å². The van der Waals surface area contributed by atoms with Crippen LogP contribution in [0, 0.1) is 6.92 Å². The summed E-state index contributed by atoms with van der Waals surface area (Å²) in [5.74, 6) is 0.594. The number of nitrogens with one attached hydrogen (secondary N) is 1. The molecule has 1 saturated heterocycles. The van der Waals surface area contributed by atoms with E-state index in [1.165, 1.54) is 6.07 Å². The Labute approximate surface area is 168 Å². The van der Waals surface area contributed by atoms with Crippen LogP contribution in [0.25, 0.3) is 0 Å². The monoisotopic (exact) mass is 412 g/mol. The van der Waals surface area contributed by atoms with Gasteiger partial charge >= 0.3 is 0 Å². The predicted molar refractivity (Wildman–Crippen MR) is 113 cm³/mol. The summed E-state index contributed by atoms with van der Waals surface area (Å²) in [6.45, 7) is 9.87. The molecule has 0 aliphatic carbocycles. The van der Waals surface area contributed by atoms with E-state index in [0.717, 1.165) is 31.4 Å². The van der Waals surface area contributed by atoms with Gasteiger partial charge in [0.2, 0.25) is 10.0 Å². The lowest BCUT2D eigenvalue weighted by Crippen LogP contribution is -2.33. The van der Waals surface area contributed by atoms with Crippen LogP contribution < -0.4 is 5.32 Å². The third kappa shape index (κ3) is 6.50. The summed E-state index contributed by atoms with van der Waals surface area (Å²) in [6, 6.07) is 4.95. The van der Waals surface area contributed by atoms with Gasteiger partial charge in [0.25, 0.3) is 5.91 Å². The molecule has 1 aromatic carbocycles. The van der Waals surface area contributed by atoms with E-state index in [4.69, 9.17) is 0 Å². The third-order valence-corrected chi connectivity index (χ3v) is 7.87. The molecule has 0 radical (unpaired) electrons. The van der Waals surface area contributed by atoms with Gasteiger partial charge in [-0.1, -0.05) is 39.7 Å². The number of hydrogen-bond donors (Lipinski definition) is 1. The molecule has 5 nitrogen and oxygen atoms in total. The molecule has 1 aromatic rings. The van der Waals surface area contributed by atoms with Gasteiger partial charge in [0.15, 0.2) is 0 Å². The molecule has 1 heterocycles. The Balaban J connectivity index is 2.11. The van der Waals surface area contributed by atoms with Gasteiger partial charge in [0, 0.05) is 35.7 Å². The van der Waals surface area contributed by atoms with E-state index in [2.05, 4.69) is 26.1 Å². The number of thioether (sulfide) groups is 1. The Morgan fingerprint density at radius 3 is 2.37 bits per heavy atom. The first-order valence-electron chi connectivity index (χ1n) is 9.64. The Morgan fingerprint density at radius 1 is 1.15 bits per heavy atom. The van der Waals surface area contributed by atoms with Gasteiger partial charge in [-0.2, -0.15) is 16.1 Å².